The zero-order chi connectivity index (χ0) is 13.0. The highest BCUT2D eigenvalue weighted by Crippen LogP contribution is 2.14. The highest BCUT2D eigenvalue weighted by Gasteiger charge is 2.04. The first kappa shape index (κ1) is 13.6. The molecule has 2 rings (SSSR count). The Morgan fingerprint density at radius 3 is 2.22 bits per heavy atom. The molecule has 1 N–H and O–H groups in total. The molecule has 0 heterocycles. The van der Waals surface area contributed by atoms with Crippen LogP contribution in [-0.4, -0.2) is 0 Å². The van der Waals surface area contributed by atoms with Crippen LogP contribution < -0.4 is 5.32 Å². The number of benzene rings is 2. The van der Waals surface area contributed by atoms with E-state index in [0.29, 0.717) is 6.04 Å². The lowest BCUT2D eigenvalue weighted by Crippen LogP contribution is -2.17. The summed E-state index contributed by atoms with van der Waals surface area (Å²) in [5.74, 6) is 0. The number of hydrogen-bond donors (Lipinski definition) is 1. The van der Waals surface area contributed by atoms with Gasteiger partial charge in [0.15, 0.2) is 0 Å². The molecule has 0 aliphatic heterocycles. The Morgan fingerprint density at radius 1 is 1.00 bits per heavy atom. The summed E-state index contributed by atoms with van der Waals surface area (Å²) in [7, 11) is 0. The van der Waals surface area contributed by atoms with Gasteiger partial charge >= 0.3 is 0 Å². The summed E-state index contributed by atoms with van der Waals surface area (Å²) in [5.41, 5.74) is 3.98. The maximum absolute atomic E-state index is 3.55. The van der Waals surface area contributed by atoms with Gasteiger partial charge in [0.05, 0.1) is 0 Å². The minimum absolute atomic E-state index is 0.380. The number of halogens is 1. The van der Waals surface area contributed by atoms with E-state index in [1.54, 1.807) is 0 Å². The third-order valence-corrected chi connectivity index (χ3v) is 3.82. The van der Waals surface area contributed by atoms with Gasteiger partial charge in [0.25, 0.3) is 0 Å². The van der Waals surface area contributed by atoms with Crippen LogP contribution in [0, 0.1) is 10.5 Å². The molecule has 0 bridgehead atoms. The summed E-state index contributed by atoms with van der Waals surface area (Å²) in [6.07, 6.45) is 0. The largest absolute Gasteiger partial charge is 0.306 e. The van der Waals surface area contributed by atoms with Crippen LogP contribution >= 0.6 is 22.6 Å². The van der Waals surface area contributed by atoms with Crippen LogP contribution in [0.1, 0.15) is 29.7 Å². The normalized spacial score (nSPS) is 12.4. The van der Waals surface area contributed by atoms with Gasteiger partial charge in [-0.25, -0.2) is 0 Å². The van der Waals surface area contributed by atoms with Gasteiger partial charge in [-0.15, -0.1) is 0 Å². The van der Waals surface area contributed by atoms with Gasteiger partial charge in [0.1, 0.15) is 0 Å². The van der Waals surface area contributed by atoms with E-state index in [2.05, 4.69) is 90.3 Å². The van der Waals surface area contributed by atoms with Crippen molar-refractivity contribution in [2.24, 2.45) is 0 Å². The molecule has 2 aromatic carbocycles. The summed E-state index contributed by atoms with van der Waals surface area (Å²) in [6, 6.07) is 17.7. The van der Waals surface area contributed by atoms with Gasteiger partial charge in [-0.1, -0.05) is 42.0 Å². The van der Waals surface area contributed by atoms with Gasteiger partial charge in [-0.05, 0) is 59.7 Å². The monoisotopic (exact) mass is 351 g/mol. The van der Waals surface area contributed by atoms with E-state index in [4.69, 9.17) is 0 Å². The number of hydrogen-bond acceptors (Lipinski definition) is 1. The summed E-state index contributed by atoms with van der Waals surface area (Å²) in [6.45, 7) is 5.23. The fraction of sp³-hybridized carbons (Fsp3) is 0.250. The molecule has 1 unspecified atom stereocenters. The Kier molecular flexibility index (Phi) is 4.78. The summed E-state index contributed by atoms with van der Waals surface area (Å²) in [4.78, 5) is 0. The second kappa shape index (κ2) is 6.34. The molecular weight excluding hydrogens is 333 g/mol. The molecule has 2 heteroatoms. The molecule has 0 aliphatic carbocycles. The highest BCUT2D eigenvalue weighted by atomic mass is 127. The standard InChI is InChI=1S/C16H18IN/c1-12-3-7-15(8-4-12)13(2)18-11-14-5-9-16(17)10-6-14/h3-10,13,18H,11H2,1-2H3. The number of aryl methyl sites for hydroxylation is 1. The van der Waals surface area contributed by atoms with Crippen molar-refractivity contribution in [3.05, 3.63) is 68.8 Å². The maximum Gasteiger partial charge on any atom is 0.0294 e. The van der Waals surface area contributed by atoms with Crippen molar-refractivity contribution in [1.82, 2.24) is 5.32 Å². The third-order valence-electron chi connectivity index (χ3n) is 3.10. The Balaban J connectivity index is 1.93. The van der Waals surface area contributed by atoms with Crippen LogP contribution in [0.2, 0.25) is 0 Å². The molecule has 0 aromatic heterocycles. The van der Waals surface area contributed by atoms with E-state index in [9.17, 15) is 0 Å². The Labute approximate surface area is 123 Å². The van der Waals surface area contributed by atoms with E-state index < -0.39 is 0 Å². The predicted molar refractivity (Wildman–Crippen MR) is 85.6 cm³/mol. The van der Waals surface area contributed by atoms with E-state index in [1.165, 1.54) is 20.3 Å². The smallest absolute Gasteiger partial charge is 0.0294 e. The van der Waals surface area contributed by atoms with Crippen LogP contribution in [0.4, 0.5) is 0 Å². The molecule has 0 radical (unpaired) electrons. The quantitative estimate of drug-likeness (QED) is 0.803. The second-order valence-corrected chi connectivity index (χ2v) is 5.89. The van der Waals surface area contributed by atoms with Gasteiger partial charge in [-0.2, -0.15) is 0 Å². The lowest BCUT2D eigenvalue weighted by atomic mass is 10.1. The Hall–Kier alpha value is -0.870. The first-order valence-corrected chi connectivity index (χ1v) is 7.27. The van der Waals surface area contributed by atoms with Crippen molar-refractivity contribution in [2.45, 2.75) is 26.4 Å². The van der Waals surface area contributed by atoms with Crippen molar-refractivity contribution >= 4 is 22.6 Å². The first-order valence-electron chi connectivity index (χ1n) is 6.19. The molecule has 18 heavy (non-hydrogen) atoms. The van der Waals surface area contributed by atoms with Crippen LogP contribution in [0.3, 0.4) is 0 Å². The zero-order valence-corrected chi connectivity index (χ0v) is 12.9. The molecule has 0 saturated carbocycles. The van der Waals surface area contributed by atoms with Crippen molar-refractivity contribution in [2.75, 3.05) is 0 Å². The highest BCUT2D eigenvalue weighted by molar-refractivity contribution is 14.1. The Bertz CT molecular complexity index is 488. The molecule has 2 aromatic rings. The lowest BCUT2D eigenvalue weighted by Gasteiger charge is -2.14. The molecule has 94 valence electrons. The lowest BCUT2D eigenvalue weighted by molar-refractivity contribution is 0.574. The van der Waals surface area contributed by atoms with Crippen molar-refractivity contribution in [1.29, 1.82) is 0 Å². The van der Waals surface area contributed by atoms with Crippen LogP contribution in [0.5, 0.6) is 0 Å². The molecule has 1 nitrogen and oxygen atoms in total. The van der Waals surface area contributed by atoms with E-state index in [1.807, 2.05) is 0 Å². The van der Waals surface area contributed by atoms with E-state index in [-0.39, 0.29) is 0 Å². The van der Waals surface area contributed by atoms with Crippen LogP contribution in [0.25, 0.3) is 0 Å². The Morgan fingerprint density at radius 2 is 1.61 bits per heavy atom. The number of rotatable bonds is 4. The maximum atomic E-state index is 3.55. The van der Waals surface area contributed by atoms with Crippen molar-refractivity contribution in [3.63, 3.8) is 0 Å². The predicted octanol–water partition coefficient (Wildman–Crippen LogP) is 4.45. The average molecular weight is 351 g/mol. The molecule has 0 amide bonds. The number of nitrogens with one attached hydrogen (secondary N) is 1. The summed E-state index contributed by atoms with van der Waals surface area (Å²) in [5, 5.41) is 3.55. The van der Waals surface area contributed by atoms with Gasteiger partial charge in [-0.3, -0.25) is 0 Å². The molecule has 0 aliphatic rings. The zero-order valence-electron chi connectivity index (χ0n) is 10.8. The summed E-state index contributed by atoms with van der Waals surface area (Å²) >= 11 is 2.33. The first-order chi connectivity index (χ1) is 8.65. The van der Waals surface area contributed by atoms with E-state index in [0.717, 1.165) is 6.54 Å². The molecule has 0 spiro atoms. The van der Waals surface area contributed by atoms with Gasteiger partial charge < -0.3 is 5.32 Å². The topological polar surface area (TPSA) is 12.0 Å². The molecule has 1 atom stereocenters. The average Bonchev–Trinajstić information content (AvgIpc) is 2.38. The molecular formula is C16H18IN. The SMILES string of the molecule is Cc1ccc(C(C)NCc2ccc(I)cc2)cc1. The fourth-order valence-electron chi connectivity index (χ4n) is 1.85. The van der Waals surface area contributed by atoms with Crippen LogP contribution in [-0.2, 0) is 6.54 Å². The van der Waals surface area contributed by atoms with Gasteiger partial charge in [0, 0.05) is 16.2 Å². The van der Waals surface area contributed by atoms with Crippen LogP contribution in [0.15, 0.2) is 48.5 Å². The van der Waals surface area contributed by atoms with Crippen molar-refractivity contribution in [3.8, 4) is 0 Å². The van der Waals surface area contributed by atoms with Gasteiger partial charge in [0.2, 0.25) is 0 Å². The fourth-order valence-corrected chi connectivity index (χ4v) is 2.21. The minimum atomic E-state index is 0.380. The second-order valence-electron chi connectivity index (χ2n) is 4.64. The van der Waals surface area contributed by atoms with E-state index >= 15 is 0 Å². The molecule has 0 saturated heterocycles. The van der Waals surface area contributed by atoms with Crippen molar-refractivity contribution < 1.29 is 0 Å². The third kappa shape index (κ3) is 3.82. The molecule has 0 fully saturated rings. The minimum Gasteiger partial charge on any atom is -0.306 e. The summed E-state index contributed by atoms with van der Waals surface area (Å²) < 4.78 is 1.28.